The normalized spacial score (nSPS) is 11.0. The lowest BCUT2D eigenvalue weighted by molar-refractivity contribution is -0.116. The van der Waals surface area contributed by atoms with Crippen molar-refractivity contribution in [3.8, 4) is 0 Å². The van der Waals surface area contributed by atoms with Crippen LogP contribution in [0.5, 0.6) is 0 Å². The first-order chi connectivity index (χ1) is 12.0. The van der Waals surface area contributed by atoms with Crippen LogP contribution in [0.1, 0.15) is 23.4 Å². The molecule has 1 amide bonds. The van der Waals surface area contributed by atoms with Crippen molar-refractivity contribution >= 4 is 34.5 Å². The highest BCUT2D eigenvalue weighted by Crippen LogP contribution is 2.19. The van der Waals surface area contributed by atoms with Crippen molar-refractivity contribution in [3.63, 3.8) is 0 Å². The van der Waals surface area contributed by atoms with Crippen LogP contribution in [0.25, 0.3) is 11.1 Å². The molecule has 25 heavy (non-hydrogen) atoms. The maximum atomic E-state index is 12.2. The van der Waals surface area contributed by atoms with E-state index >= 15 is 0 Å². The number of carbonyl (C=O) groups excluding carboxylic acids is 1. The number of anilines is 1. The van der Waals surface area contributed by atoms with Crippen LogP contribution in [0.15, 0.2) is 32.6 Å². The molecule has 0 radical (unpaired) electrons. The Morgan fingerprint density at radius 2 is 2.00 bits per heavy atom. The summed E-state index contributed by atoms with van der Waals surface area (Å²) in [6.07, 6.45) is 2.83. The average molecular weight is 358 g/mol. The SMILES string of the molecule is CSc1nc(C)c(CCC(=O)Nc2ccc3oc(=O)[nH]c3c2)c(C)n1. The lowest BCUT2D eigenvalue weighted by atomic mass is 10.1. The number of carbonyl (C=O) groups is 1. The van der Waals surface area contributed by atoms with E-state index in [4.69, 9.17) is 4.42 Å². The number of H-pyrrole nitrogens is 1. The van der Waals surface area contributed by atoms with E-state index in [2.05, 4.69) is 20.3 Å². The quantitative estimate of drug-likeness (QED) is 0.537. The summed E-state index contributed by atoms with van der Waals surface area (Å²) in [5.41, 5.74) is 4.43. The molecular weight excluding hydrogens is 340 g/mol. The Labute approximate surface area is 148 Å². The molecule has 2 aromatic heterocycles. The van der Waals surface area contributed by atoms with Gasteiger partial charge in [0.05, 0.1) is 5.52 Å². The van der Waals surface area contributed by atoms with Crippen molar-refractivity contribution in [2.75, 3.05) is 11.6 Å². The zero-order valence-electron chi connectivity index (χ0n) is 14.2. The van der Waals surface area contributed by atoms with Crippen molar-refractivity contribution in [2.45, 2.75) is 31.8 Å². The van der Waals surface area contributed by atoms with E-state index < -0.39 is 5.76 Å². The molecule has 3 rings (SSSR count). The van der Waals surface area contributed by atoms with Crippen molar-refractivity contribution < 1.29 is 9.21 Å². The van der Waals surface area contributed by atoms with Gasteiger partial charge in [-0.25, -0.2) is 14.8 Å². The molecule has 2 heterocycles. The fraction of sp³-hybridized carbons (Fsp3) is 0.294. The van der Waals surface area contributed by atoms with Crippen LogP contribution in [0.2, 0.25) is 0 Å². The van der Waals surface area contributed by atoms with Crippen molar-refractivity contribution in [1.29, 1.82) is 0 Å². The number of aryl methyl sites for hydroxylation is 2. The van der Waals surface area contributed by atoms with E-state index in [9.17, 15) is 9.59 Å². The zero-order valence-corrected chi connectivity index (χ0v) is 15.0. The number of oxazole rings is 1. The first-order valence-corrected chi connectivity index (χ1v) is 8.99. The Morgan fingerprint density at radius 3 is 2.68 bits per heavy atom. The second-order valence-corrected chi connectivity index (χ2v) is 6.41. The molecule has 0 aliphatic heterocycles. The van der Waals surface area contributed by atoms with Gasteiger partial charge in [-0.1, -0.05) is 11.8 Å². The fourth-order valence-corrected chi connectivity index (χ4v) is 3.11. The molecule has 3 aromatic rings. The number of aromatic amines is 1. The highest BCUT2D eigenvalue weighted by molar-refractivity contribution is 7.98. The van der Waals surface area contributed by atoms with Gasteiger partial charge >= 0.3 is 5.76 Å². The third kappa shape index (κ3) is 3.90. The minimum absolute atomic E-state index is 0.113. The van der Waals surface area contributed by atoms with E-state index in [1.54, 1.807) is 18.2 Å². The number of aromatic nitrogens is 3. The Kier molecular flexibility index (Phi) is 4.89. The Hall–Kier alpha value is -2.61. The fourth-order valence-electron chi connectivity index (χ4n) is 2.65. The highest BCUT2D eigenvalue weighted by atomic mass is 32.2. The molecule has 0 fully saturated rings. The number of thioether (sulfide) groups is 1. The summed E-state index contributed by atoms with van der Waals surface area (Å²) >= 11 is 1.50. The average Bonchev–Trinajstić information content (AvgIpc) is 2.93. The zero-order chi connectivity index (χ0) is 18.0. The molecule has 7 nitrogen and oxygen atoms in total. The molecule has 0 spiro atoms. The summed E-state index contributed by atoms with van der Waals surface area (Å²) in [5, 5.41) is 3.57. The van der Waals surface area contributed by atoms with Crippen LogP contribution in [-0.2, 0) is 11.2 Å². The monoisotopic (exact) mass is 358 g/mol. The van der Waals surface area contributed by atoms with E-state index in [1.807, 2.05) is 20.1 Å². The first kappa shape index (κ1) is 17.2. The number of fused-ring (bicyclic) bond motifs is 1. The smallest absolute Gasteiger partial charge is 0.408 e. The lowest BCUT2D eigenvalue weighted by Gasteiger charge is -2.10. The third-order valence-corrected chi connectivity index (χ3v) is 4.44. The van der Waals surface area contributed by atoms with Gasteiger partial charge in [0.25, 0.3) is 0 Å². The van der Waals surface area contributed by atoms with Crippen LogP contribution in [0.4, 0.5) is 5.69 Å². The molecule has 0 aliphatic rings. The van der Waals surface area contributed by atoms with Gasteiger partial charge in [-0.3, -0.25) is 9.78 Å². The maximum Gasteiger partial charge on any atom is 0.417 e. The lowest BCUT2D eigenvalue weighted by Crippen LogP contribution is -2.13. The van der Waals surface area contributed by atoms with E-state index in [1.165, 1.54) is 11.8 Å². The summed E-state index contributed by atoms with van der Waals surface area (Å²) in [6.45, 7) is 3.87. The van der Waals surface area contributed by atoms with E-state index in [0.29, 0.717) is 29.6 Å². The minimum Gasteiger partial charge on any atom is -0.408 e. The molecule has 0 unspecified atom stereocenters. The predicted octanol–water partition coefficient (Wildman–Crippen LogP) is 2.82. The van der Waals surface area contributed by atoms with Gasteiger partial charge in [-0.05, 0) is 50.3 Å². The van der Waals surface area contributed by atoms with Gasteiger partial charge in [0.2, 0.25) is 5.91 Å². The number of hydrogen-bond acceptors (Lipinski definition) is 6. The van der Waals surface area contributed by atoms with Gasteiger partial charge in [0.1, 0.15) is 0 Å². The molecule has 130 valence electrons. The summed E-state index contributed by atoms with van der Waals surface area (Å²) in [6, 6.07) is 5.01. The summed E-state index contributed by atoms with van der Waals surface area (Å²) in [5.74, 6) is -0.629. The Balaban J connectivity index is 1.67. The van der Waals surface area contributed by atoms with Gasteiger partial charge in [-0.2, -0.15) is 0 Å². The molecule has 8 heteroatoms. The molecule has 0 atom stereocenters. The summed E-state index contributed by atoms with van der Waals surface area (Å²) < 4.78 is 4.94. The molecule has 1 aromatic carbocycles. The number of nitrogens with zero attached hydrogens (tertiary/aromatic N) is 2. The molecule has 0 saturated heterocycles. The molecule has 0 saturated carbocycles. The number of nitrogens with one attached hydrogen (secondary N) is 2. The second kappa shape index (κ2) is 7.10. The highest BCUT2D eigenvalue weighted by Gasteiger charge is 2.11. The minimum atomic E-state index is -0.516. The van der Waals surface area contributed by atoms with E-state index in [-0.39, 0.29) is 5.91 Å². The van der Waals surface area contributed by atoms with Crippen LogP contribution in [0, 0.1) is 13.8 Å². The maximum absolute atomic E-state index is 12.2. The third-order valence-electron chi connectivity index (χ3n) is 3.89. The molecule has 0 bridgehead atoms. The Morgan fingerprint density at radius 1 is 1.28 bits per heavy atom. The van der Waals surface area contributed by atoms with Gasteiger partial charge in [0, 0.05) is 23.5 Å². The van der Waals surface area contributed by atoms with Crippen LogP contribution in [-0.4, -0.2) is 27.1 Å². The summed E-state index contributed by atoms with van der Waals surface area (Å²) in [4.78, 5) is 34.8. The Bertz CT molecular complexity index is 970. The van der Waals surface area contributed by atoms with Crippen LogP contribution < -0.4 is 11.1 Å². The second-order valence-electron chi connectivity index (χ2n) is 5.63. The summed E-state index contributed by atoms with van der Waals surface area (Å²) in [7, 11) is 0. The number of hydrogen-bond donors (Lipinski definition) is 2. The number of rotatable bonds is 5. The van der Waals surface area contributed by atoms with Crippen molar-refractivity contribution in [3.05, 3.63) is 45.7 Å². The van der Waals surface area contributed by atoms with Gasteiger partial charge in [0.15, 0.2) is 10.7 Å². The van der Waals surface area contributed by atoms with Crippen molar-refractivity contribution in [2.24, 2.45) is 0 Å². The predicted molar refractivity (Wildman–Crippen MR) is 97.1 cm³/mol. The standard InChI is InChI=1S/C17H18N4O3S/c1-9-12(10(2)19-16(18-9)25-3)5-7-15(22)20-11-4-6-14-13(8-11)21-17(23)24-14/h4,6,8H,5,7H2,1-3H3,(H,20,22)(H,21,23). The number of benzene rings is 1. The van der Waals surface area contributed by atoms with Gasteiger partial charge in [-0.15, -0.1) is 0 Å². The first-order valence-electron chi connectivity index (χ1n) is 7.77. The van der Waals surface area contributed by atoms with Crippen LogP contribution >= 0.6 is 11.8 Å². The van der Waals surface area contributed by atoms with Crippen molar-refractivity contribution in [1.82, 2.24) is 15.0 Å². The largest absolute Gasteiger partial charge is 0.417 e. The van der Waals surface area contributed by atoms with Crippen LogP contribution in [0.3, 0.4) is 0 Å². The van der Waals surface area contributed by atoms with E-state index in [0.717, 1.165) is 22.1 Å². The topological polar surface area (TPSA) is 101 Å². The molecular formula is C17H18N4O3S. The molecule has 0 aliphatic carbocycles. The van der Waals surface area contributed by atoms with Gasteiger partial charge < -0.3 is 9.73 Å². The number of amides is 1. The molecule has 2 N–H and O–H groups in total.